The number of H-pyrrole nitrogens is 1. The Kier molecular flexibility index (Phi) is 3.71. The summed E-state index contributed by atoms with van der Waals surface area (Å²) in [4.78, 5) is 4.28. The third kappa shape index (κ3) is 2.81. The number of nitrogens with zero attached hydrogens (tertiary/aromatic N) is 2. The number of hydrogen-bond acceptors (Lipinski definition) is 3. The summed E-state index contributed by atoms with van der Waals surface area (Å²) in [6.07, 6.45) is 1.58. The smallest absolute Gasteiger partial charge is 0.182 e. The minimum atomic E-state index is -0.377. The molecular weight excluding hydrogens is 243 g/mol. The van der Waals surface area contributed by atoms with E-state index in [0.717, 1.165) is 18.7 Å². The number of benzene rings is 1. The van der Waals surface area contributed by atoms with Gasteiger partial charge in [0.15, 0.2) is 5.82 Å². The highest BCUT2D eigenvalue weighted by molar-refractivity contribution is 6.33. The Labute approximate surface area is 103 Å². The monoisotopic (exact) mass is 254 g/mol. The number of aryl methyl sites for hydroxylation is 1. The minimum Gasteiger partial charge on any atom is -0.330 e. The average Bonchev–Trinajstić information content (AvgIpc) is 2.75. The molecule has 0 aliphatic heterocycles. The van der Waals surface area contributed by atoms with Gasteiger partial charge in [-0.2, -0.15) is 5.10 Å². The fourth-order valence-electron chi connectivity index (χ4n) is 1.47. The second-order valence-electron chi connectivity index (χ2n) is 3.62. The third-order valence-corrected chi connectivity index (χ3v) is 2.63. The molecule has 0 unspecified atom stereocenters. The number of aromatic amines is 1. The highest BCUT2D eigenvalue weighted by atomic mass is 35.5. The van der Waals surface area contributed by atoms with Crippen molar-refractivity contribution >= 4 is 11.6 Å². The minimum absolute atomic E-state index is 0.300. The van der Waals surface area contributed by atoms with E-state index in [2.05, 4.69) is 15.2 Å². The van der Waals surface area contributed by atoms with Crippen LogP contribution >= 0.6 is 11.6 Å². The maximum Gasteiger partial charge on any atom is 0.182 e. The highest BCUT2D eigenvalue weighted by Crippen LogP contribution is 2.25. The van der Waals surface area contributed by atoms with Gasteiger partial charge in [0.1, 0.15) is 11.6 Å². The van der Waals surface area contributed by atoms with Crippen LogP contribution in [0, 0.1) is 5.82 Å². The number of hydrogen-bond donors (Lipinski definition) is 2. The zero-order valence-electron chi connectivity index (χ0n) is 9.08. The van der Waals surface area contributed by atoms with Crippen LogP contribution in [-0.4, -0.2) is 21.7 Å². The van der Waals surface area contributed by atoms with E-state index in [9.17, 15) is 4.39 Å². The Morgan fingerprint density at radius 2 is 2.24 bits per heavy atom. The summed E-state index contributed by atoms with van der Waals surface area (Å²) < 4.78 is 12.9. The number of nitrogens with one attached hydrogen (secondary N) is 1. The lowest BCUT2D eigenvalue weighted by Gasteiger charge is -1.98. The first-order valence-electron chi connectivity index (χ1n) is 5.27. The van der Waals surface area contributed by atoms with Crippen molar-refractivity contribution in [3.63, 3.8) is 0 Å². The van der Waals surface area contributed by atoms with Gasteiger partial charge >= 0.3 is 0 Å². The summed E-state index contributed by atoms with van der Waals surface area (Å²) in [6.45, 7) is 0.605. The zero-order chi connectivity index (χ0) is 12.3. The maximum absolute atomic E-state index is 12.9. The number of halogens is 2. The van der Waals surface area contributed by atoms with Gasteiger partial charge in [0.05, 0.1) is 5.02 Å². The van der Waals surface area contributed by atoms with Gasteiger partial charge in [0, 0.05) is 12.0 Å². The van der Waals surface area contributed by atoms with E-state index in [0.29, 0.717) is 23.0 Å². The van der Waals surface area contributed by atoms with E-state index in [4.69, 9.17) is 17.3 Å². The Balaban J connectivity index is 2.24. The molecule has 1 aromatic heterocycles. The second-order valence-corrected chi connectivity index (χ2v) is 4.03. The van der Waals surface area contributed by atoms with E-state index < -0.39 is 0 Å². The largest absolute Gasteiger partial charge is 0.330 e. The van der Waals surface area contributed by atoms with Gasteiger partial charge in [-0.15, -0.1) is 0 Å². The van der Waals surface area contributed by atoms with Crippen LogP contribution in [0.15, 0.2) is 18.2 Å². The van der Waals surface area contributed by atoms with Crippen LogP contribution in [-0.2, 0) is 6.42 Å². The normalized spacial score (nSPS) is 10.8. The zero-order valence-corrected chi connectivity index (χ0v) is 9.84. The summed E-state index contributed by atoms with van der Waals surface area (Å²) in [5.74, 6) is 0.852. The van der Waals surface area contributed by atoms with Crippen LogP contribution in [0.4, 0.5) is 4.39 Å². The molecule has 0 spiro atoms. The van der Waals surface area contributed by atoms with Gasteiger partial charge in [0.2, 0.25) is 0 Å². The third-order valence-electron chi connectivity index (χ3n) is 2.32. The van der Waals surface area contributed by atoms with Gasteiger partial charge in [-0.3, -0.25) is 5.10 Å². The van der Waals surface area contributed by atoms with Crippen molar-refractivity contribution in [1.29, 1.82) is 0 Å². The molecule has 0 bridgehead atoms. The average molecular weight is 255 g/mol. The highest BCUT2D eigenvalue weighted by Gasteiger charge is 2.10. The molecule has 4 nitrogen and oxygen atoms in total. The van der Waals surface area contributed by atoms with E-state index >= 15 is 0 Å². The van der Waals surface area contributed by atoms with E-state index in [1.807, 2.05) is 0 Å². The van der Waals surface area contributed by atoms with E-state index in [1.54, 1.807) is 6.07 Å². The molecule has 0 aliphatic rings. The first kappa shape index (κ1) is 12.0. The van der Waals surface area contributed by atoms with Gasteiger partial charge in [0.25, 0.3) is 0 Å². The standard InChI is InChI=1S/C11H12ClFN4/c12-9-6-7(13)3-4-8(9)11-15-10(16-17-11)2-1-5-14/h3-4,6H,1-2,5,14H2,(H,15,16,17). The molecule has 17 heavy (non-hydrogen) atoms. The molecule has 2 rings (SSSR count). The Bertz CT molecular complexity index is 512. The molecule has 2 aromatic rings. The van der Waals surface area contributed by atoms with Crippen molar-refractivity contribution in [3.8, 4) is 11.4 Å². The van der Waals surface area contributed by atoms with Gasteiger partial charge in [-0.25, -0.2) is 9.37 Å². The van der Waals surface area contributed by atoms with Gasteiger partial charge < -0.3 is 5.73 Å². The van der Waals surface area contributed by atoms with Crippen LogP contribution in [0.25, 0.3) is 11.4 Å². The molecule has 3 N–H and O–H groups in total. The van der Waals surface area contributed by atoms with E-state index in [1.165, 1.54) is 12.1 Å². The van der Waals surface area contributed by atoms with Crippen molar-refractivity contribution in [3.05, 3.63) is 34.9 Å². The predicted octanol–water partition coefficient (Wildman–Crippen LogP) is 2.16. The van der Waals surface area contributed by atoms with Crippen molar-refractivity contribution in [2.45, 2.75) is 12.8 Å². The molecular formula is C11H12ClFN4. The fraction of sp³-hybridized carbons (Fsp3) is 0.273. The van der Waals surface area contributed by atoms with Crippen LogP contribution in [0.2, 0.25) is 5.02 Å². The van der Waals surface area contributed by atoms with E-state index in [-0.39, 0.29) is 5.82 Å². The lowest BCUT2D eigenvalue weighted by Crippen LogP contribution is -2.01. The Morgan fingerprint density at radius 1 is 1.41 bits per heavy atom. The SMILES string of the molecule is NCCCc1nc(-c2ccc(F)cc2Cl)n[nH]1. The summed E-state index contributed by atoms with van der Waals surface area (Å²) in [6, 6.07) is 4.14. The molecule has 6 heteroatoms. The van der Waals surface area contributed by atoms with Crippen LogP contribution in [0.1, 0.15) is 12.2 Å². The van der Waals surface area contributed by atoms with Crippen molar-refractivity contribution < 1.29 is 4.39 Å². The molecule has 0 aliphatic carbocycles. The van der Waals surface area contributed by atoms with Crippen molar-refractivity contribution in [2.24, 2.45) is 5.73 Å². The quantitative estimate of drug-likeness (QED) is 0.879. The predicted molar refractivity (Wildman–Crippen MR) is 64.2 cm³/mol. The summed E-state index contributed by atoms with van der Waals surface area (Å²) in [5.41, 5.74) is 6.02. The van der Waals surface area contributed by atoms with Crippen molar-refractivity contribution in [2.75, 3.05) is 6.54 Å². The molecule has 0 fully saturated rings. The molecule has 0 amide bonds. The molecule has 0 radical (unpaired) electrons. The molecule has 0 atom stereocenters. The number of aromatic nitrogens is 3. The van der Waals surface area contributed by atoms with Crippen molar-refractivity contribution in [1.82, 2.24) is 15.2 Å². The maximum atomic E-state index is 12.9. The Morgan fingerprint density at radius 3 is 2.94 bits per heavy atom. The first-order valence-corrected chi connectivity index (χ1v) is 5.65. The molecule has 90 valence electrons. The Hall–Kier alpha value is -1.46. The lowest BCUT2D eigenvalue weighted by molar-refractivity contribution is 0.628. The van der Waals surface area contributed by atoms with Gasteiger partial charge in [-0.1, -0.05) is 11.6 Å². The molecule has 1 heterocycles. The molecule has 1 aromatic carbocycles. The molecule has 0 saturated carbocycles. The number of nitrogens with two attached hydrogens (primary N) is 1. The van der Waals surface area contributed by atoms with Crippen LogP contribution < -0.4 is 5.73 Å². The second kappa shape index (κ2) is 5.25. The van der Waals surface area contributed by atoms with Crippen LogP contribution in [0.5, 0.6) is 0 Å². The first-order chi connectivity index (χ1) is 8.20. The van der Waals surface area contributed by atoms with Crippen LogP contribution in [0.3, 0.4) is 0 Å². The summed E-state index contributed by atoms with van der Waals surface area (Å²) >= 11 is 5.92. The van der Waals surface area contributed by atoms with Gasteiger partial charge in [-0.05, 0) is 31.2 Å². The number of rotatable bonds is 4. The fourth-order valence-corrected chi connectivity index (χ4v) is 1.72. The summed E-state index contributed by atoms with van der Waals surface area (Å²) in [5, 5.41) is 7.16. The lowest BCUT2D eigenvalue weighted by atomic mass is 10.2. The summed E-state index contributed by atoms with van der Waals surface area (Å²) in [7, 11) is 0. The molecule has 0 saturated heterocycles. The topological polar surface area (TPSA) is 67.6 Å².